The molecule has 2 aliphatic rings. The predicted octanol–water partition coefficient (Wildman–Crippen LogP) is 2.63. The lowest BCUT2D eigenvalue weighted by atomic mass is 9.91. The maximum Gasteiger partial charge on any atom is 0.135 e. The Bertz CT molecular complexity index is 513. The molecule has 4 atom stereocenters. The van der Waals surface area contributed by atoms with Gasteiger partial charge in [-0.15, -0.1) is 0 Å². The van der Waals surface area contributed by atoms with Crippen LogP contribution >= 0.6 is 0 Å². The maximum atomic E-state index is 12.7. The Morgan fingerprint density at radius 2 is 2.05 bits per heavy atom. The summed E-state index contributed by atoms with van der Waals surface area (Å²) in [5.74, 6) is 1.14. The van der Waals surface area contributed by atoms with Gasteiger partial charge in [-0.05, 0) is 30.4 Å². The first kappa shape index (κ1) is 13.1. The number of hydrogen-bond donors (Lipinski definition) is 1. The Morgan fingerprint density at radius 1 is 1.32 bits per heavy atom. The molecule has 0 radical (unpaired) electrons. The van der Waals surface area contributed by atoms with Gasteiger partial charge in [0.15, 0.2) is 0 Å². The molecule has 4 unspecified atom stereocenters. The molecule has 0 spiro atoms. The summed E-state index contributed by atoms with van der Waals surface area (Å²) in [6.07, 6.45) is 2.53. The Morgan fingerprint density at radius 3 is 2.68 bits per heavy atom. The van der Waals surface area contributed by atoms with Gasteiger partial charge in [-0.25, -0.2) is 0 Å². The SMILES string of the molecule is COc1cccc2c1S(=O)C(C)C(C)C2NC1CC1. The molecule has 0 amide bonds. The van der Waals surface area contributed by atoms with Gasteiger partial charge in [0.1, 0.15) is 5.75 Å². The molecule has 104 valence electrons. The van der Waals surface area contributed by atoms with Crippen molar-refractivity contribution < 1.29 is 8.95 Å². The van der Waals surface area contributed by atoms with Gasteiger partial charge >= 0.3 is 0 Å². The highest BCUT2D eigenvalue weighted by molar-refractivity contribution is 7.86. The quantitative estimate of drug-likeness (QED) is 0.924. The first-order chi connectivity index (χ1) is 9.13. The van der Waals surface area contributed by atoms with E-state index in [4.69, 9.17) is 4.74 Å². The Balaban J connectivity index is 2.07. The summed E-state index contributed by atoms with van der Waals surface area (Å²) in [4.78, 5) is 0.897. The van der Waals surface area contributed by atoms with Crippen LogP contribution in [0.2, 0.25) is 0 Å². The summed E-state index contributed by atoms with van der Waals surface area (Å²) in [5, 5.41) is 3.86. The number of ether oxygens (including phenoxy) is 1. The summed E-state index contributed by atoms with van der Waals surface area (Å²) in [6, 6.07) is 6.95. The molecule has 1 aliphatic heterocycles. The summed E-state index contributed by atoms with van der Waals surface area (Å²) in [5.41, 5.74) is 1.16. The van der Waals surface area contributed by atoms with Gasteiger partial charge in [-0.2, -0.15) is 0 Å². The van der Waals surface area contributed by atoms with Gasteiger partial charge in [-0.1, -0.05) is 26.0 Å². The number of nitrogens with one attached hydrogen (secondary N) is 1. The summed E-state index contributed by atoms with van der Waals surface area (Å²) >= 11 is 0. The van der Waals surface area contributed by atoms with E-state index in [1.807, 2.05) is 12.1 Å². The zero-order valence-corrected chi connectivity index (χ0v) is 12.5. The highest BCUT2D eigenvalue weighted by Crippen LogP contribution is 2.43. The van der Waals surface area contributed by atoms with Crippen molar-refractivity contribution in [2.75, 3.05) is 7.11 Å². The second-order valence-electron chi connectivity index (χ2n) is 5.66. The normalized spacial score (nSPS) is 33.8. The topological polar surface area (TPSA) is 38.3 Å². The van der Waals surface area contributed by atoms with Crippen LogP contribution in [0.25, 0.3) is 0 Å². The van der Waals surface area contributed by atoms with Gasteiger partial charge in [0.2, 0.25) is 0 Å². The molecule has 0 aromatic heterocycles. The van der Waals surface area contributed by atoms with E-state index in [2.05, 4.69) is 25.2 Å². The molecule has 0 saturated heterocycles. The van der Waals surface area contributed by atoms with E-state index in [0.717, 1.165) is 16.2 Å². The van der Waals surface area contributed by atoms with E-state index in [0.29, 0.717) is 18.0 Å². The first-order valence-corrected chi connectivity index (χ1v) is 8.18. The molecule has 4 heteroatoms. The van der Waals surface area contributed by atoms with Gasteiger partial charge in [0, 0.05) is 17.3 Å². The van der Waals surface area contributed by atoms with Crippen LogP contribution in [0.1, 0.15) is 38.3 Å². The molecule has 1 fully saturated rings. The molecule has 1 saturated carbocycles. The van der Waals surface area contributed by atoms with Crippen LogP contribution in [-0.2, 0) is 10.8 Å². The molecule has 19 heavy (non-hydrogen) atoms. The Hall–Kier alpha value is -0.870. The second kappa shape index (κ2) is 4.91. The third-order valence-electron chi connectivity index (χ3n) is 4.36. The van der Waals surface area contributed by atoms with Crippen molar-refractivity contribution in [3.05, 3.63) is 23.8 Å². The molecular weight excluding hydrogens is 258 g/mol. The molecule has 1 N–H and O–H groups in total. The van der Waals surface area contributed by atoms with E-state index < -0.39 is 10.8 Å². The monoisotopic (exact) mass is 279 g/mol. The van der Waals surface area contributed by atoms with E-state index in [9.17, 15) is 4.21 Å². The van der Waals surface area contributed by atoms with Crippen molar-refractivity contribution in [3.8, 4) is 5.75 Å². The Labute approximate surface area is 117 Å². The van der Waals surface area contributed by atoms with Crippen molar-refractivity contribution in [2.45, 2.75) is 48.9 Å². The molecule has 0 bridgehead atoms. The lowest BCUT2D eigenvalue weighted by Crippen LogP contribution is -2.40. The number of rotatable bonds is 3. The number of hydrogen-bond acceptors (Lipinski definition) is 3. The van der Waals surface area contributed by atoms with E-state index in [-0.39, 0.29) is 5.25 Å². The highest BCUT2D eigenvalue weighted by Gasteiger charge is 2.40. The van der Waals surface area contributed by atoms with Gasteiger partial charge in [-0.3, -0.25) is 4.21 Å². The number of methoxy groups -OCH3 is 1. The van der Waals surface area contributed by atoms with Gasteiger partial charge in [0.05, 0.1) is 22.8 Å². The average Bonchev–Trinajstić information content (AvgIpc) is 3.24. The number of benzene rings is 1. The fourth-order valence-corrected chi connectivity index (χ4v) is 4.53. The maximum absolute atomic E-state index is 12.7. The average molecular weight is 279 g/mol. The first-order valence-electron chi connectivity index (χ1n) is 6.97. The van der Waals surface area contributed by atoms with Crippen molar-refractivity contribution in [3.63, 3.8) is 0 Å². The van der Waals surface area contributed by atoms with Crippen LogP contribution in [0.5, 0.6) is 5.75 Å². The minimum atomic E-state index is -0.982. The van der Waals surface area contributed by atoms with Crippen LogP contribution < -0.4 is 10.1 Å². The smallest absolute Gasteiger partial charge is 0.135 e. The molecule has 1 heterocycles. The van der Waals surface area contributed by atoms with E-state index in [1.165, 1.54) is 12.8 Å². The van der Waals surface area contributed by atoms with Crippen LogP contribution in [-0.4, -0.2) is 22.6 Å². The minimum Gasteiger partial charge on any atom is -0.495 e. The zero-order valence-electron chi connectivity index (χ0n) is 11.7. The summed E-state index contributed by atoms with van der Waals surface area (Å²) < 4.78 is 18.1. The van der Waals surface area contributed by atoms with Crippen molar-refractivity contribution >= 4 is 10.8 Å². The summed E-state index contributed by atoms with van der Waals surface area (Å²) in [7, 11) is 0.670. The van der Waals surface area contributed by atoms with E-state index in [1.54, 1.807) is 7.11 Å². The summed E-state index contributed by atoms with van der Waals surface area (Å²) in [6.45, 7) is 4.28. The van der Waals surface area contributed by atoms with Crippen molar-refractivity contribution in [1.29, 1.82) is 0 Å². The zero-order chi connectivity index (χ0) is 13.6. The predicted molar refractivity (Wildman–Crippen MR) is 76.9 cm³/mol. The van der Waals surface area contributed by atoms with Crippen LogP contribution in [0, 0.1) is 5.92 Å². The standard InChI is InChI=1S/C15H21NO2S/c1-9-10(2)19(17)15-12(5-4-6-13(15)18-3)14(9)16-11-7-8-11/h4-6,9-11,14,16H,7-8H2,1-3H3. The largest absolute Gasteiger partial charge is 0.495 e. The van der Waals surface area contributed by atoms with Crippen molar-refractivity contribution in [2.24, 2.45) is 5.92 Å². The Kier molecular flexibility index (Phi) is 3.39. The molecular formula is C15H21NO2S. The molecule has 3 nitrogen and oxygen atoms in total. The molecule has 1 aromatic carbocycles. The van der Waals surface area contributed by atoms with Gasteiger partial charge in [0.25, 0.3) is 0 Å². The second-order valence-corrected chi connectivity index (χ2v) is 7.41. The fraction of sp³-hybridized carbons (Fsp3) is 0.600. The molecule has 3 rings (SSSR count). The minimum absolute atomic E-state index is 0.153. The van der Waals surface area contributed by atoms with Crippen molar-refractivity contribution in [1.82, 2.24) is 5.32 Å². The van der Waals surface area contributed by atoms with Crippen LogP contribution in [0.15, 0.2) is 23.1 Å². The van der Waals surface area contributed by atoms with Crippen LogP contribution in [0.4, 0.5) is 0 Å². The lowest BCUT2D eigenvalue weighted by molar-refractivity contribution is 0.352. The fourth-order valence-electron chi connectivity index (χ4n) is 2.83. The highest BCUT2D eigenvalue weighted by atomic mass is 32.2. The molecule has 1 aliphatic carbocycles. The van der Waals surface area contributed by atoms with E-state index >= 15 is 0 Å². The van der Waals surface area contributed by atoms with Gasteiger partial charge < -0.3 is 10.1 Å². The lowest BCUT2D eigenvalue weighted by Gasteiger charge is -2.36. The number of fused-ring (bicyclic) bond motifs is 1. The van der Waals surface area contributed by atoms with Crippen LogP contribution in [0.3, 0.4) is 0 Å². The third kappa shape index (κ3) is 2.21. The third-order valence-corrected chi connectivity index (χ3v) is 6.31. The molecule has 1 aromatic rings.